The molecule has 0 unspecified atom stereocenters. The predicted octanol–water partition coefficient (Wildman–Crippen LogP) is 3.05. The van der Waals surface area contributed by atoms with Crippen molar-refractivity contribution in [3.05, 3.63) is 35.9 Å². The van der Waals surface area contributed by atoms with Crippen LogP contribution in [0, 0.1) is 11.2 Å². The van der Waals surface area contributed by atoms with Crippen LogP contribution < -0.4 is 0 Å². The summed E-state index contributed by atoms with van der Waals surface area (Å²) in [5.41, 5.74) is 1.23. The van der Waals surface area contributed by atoms with Crippen LogP contribution >= 0.6 is 10.0 Å². The minimum Gasteiger partial charge on any atom is -0.300 e. The standard InChI is InChI=1S/C17H23NOS/c1-20(2,3)14-11-17(15-7-5-4-6-8-15)18-12-9-16(19)10-13-18/h4-8,17H,9-10,12-13H2,1-3H3/t17-/m0/s1. The summed E-state index contributed by atoms with van der Waals surface area (Å²) in [6.45, 7) is 1.65. The number of Topliss-reactive ketones (excluding diaryl/α,β-unsaturated/α-hetero) is 1. The van der Waals surface area contributed by atoms with Crippen LogP contribution in [-0.2, 0) is 4.79 Å². The van der Waals surface area contributed by atoms with E-state index in [1.807, 2.05) is 6.07 Å². The molecule has 0 saturated carbocycles. The van der Waals surface area contributed by atoms with Crippen molar-refractivity contribution >= 4 is 15.8 Å². The van der Waals surface area contributed by atoms with E-state index >= 15 is 0 Å². The lowest BCUT2D eigenvalue weighted by atomic mass is 10.0. The number of hydrogen-bond acceptors (Lipinski definition) is 2. The fourth-order valence-electron chi connectivity index (χ4n) is 2.28. The number of hydrogen-bond donors (Lipinski definition) is 0. The van der Waals surface area contributed by atoms with Crippen molar-refractivity contribution in [3.8, 4) is 11.2 Å². The number of carbonyl (C=O) groups excluding carboxylic acids is 1. The van der Waals surface area contributed by atoms with E-state index < -0.39 is 10.0 Å². The van der Waals surface area contributed by atoms with Crippen molar-refractivity contribution in [2.45, 2.75) is 18.9 Å². The molecule has 1 aromatic carbocycles. The van der Waals surface area contributed by atoms with E-state index in [-0.39, 0.29) is 6.04 Å². The highest BCUT2D eigenvalue weighted by Gasteiger charge is 2.23. The first kappa shape index (κ1) is 15.2. The number of benzene rings is 1. The van der Waals surface area contributed by atoms with Crippen molar-refractivity contribution in [3.63, 3.8) is 0 Å². The summed E-state index contributed by atoms with van der Waals surface area (Å²) >= 11 is 0. The van der Waals surface area contributed by atoms with Crippen LogP contribution in [0.15, 0.2) is 30.3 Å². The van der Waals surface area contributed by atoms with Crippen molar-refractivity contribution in [2.75, 3.05) is 31.9 Å². The smallest absolute Gasteiger partial charge is 0.135 e. The molecule has 1 aliphatic heterocycles. The molecule has 20 heavy (non-hydrogen) atoms. The summed E-state index contributed by atoms with van der Waals surface area (Å²) in [5.74, 6) is 3.84. The average Bonchev–Trinajstić information content (AvgIpc) is 2.41. The van der Waals surface area contributed by atoms with Gasteiger partial charge in [-0.2, -0.15) is 10.0 Å². The molecule has 1 fully saturated rings. The summed E-state index contributed by atoms with van der Waals surface area (Å²) in [7, 11) is -0.831. The van der Waals surface area contributed by atoms with Crippen LogP contribution in [0.25, 0.3) is 0 Å². The quantitative estimate of drug-likeness (QED) is 0.780. The lowest BCUT2D eigenvalue weighted by Gasteiger charge is -2.31. The molecule has 3 heteroatoms. The van der Waals surface area contributed by atoms with E-state index in [0.717, 1.165) is 13.1 Å². The molecule has 1 atom stereocenters. The molecule has 2 rings (SSSR count). The van der Waals surface area contributed by atoms with Gasteiger partial charge in [0.1, 0.15) is 5.78 Å². The summed E-state index contributed by atoms with van der Waals surface area (Å²) < 4.78 is 0. The molecule has 0 radical (unpaired) electrons. The van der Waals surface area contributed by atoms with Crippen LogP contribution in [-0.4, -0.2) is 42.5 Å². The van der Waals surface area contributed by atoms with Crippen LogP contribution in [0.5, 0.6) is 0 Å². The first-order valence-electron chi connectivity index (χ1n) is 6.97. The molecule has 0 N–H and O–H groups in total. The van der Waals surface area contributed by atoms with E-state index in [2.05, 4.69) is 59.1 Å². The molecule has 1 saturated heterocycles. The lowest BCUT2D eigenvalue weighted by molar-refractivity contribution is -0.121. The molecular formula is C17H23NOS. The van der Waals surface area contributed by atoms with Crippen molar-refractivity contribution in [1.29, 1.82) is 0 Å². The first-order valence-corrected chi connectivity index (χ1v) is 9.83. The van der Waals surface area contributed by atoms with E-state index in [9.17, 15) is 4.79 Å². The number of carbonyl (C=O) groups is 1. The Balaban J connectivity index is 2.24. The third-order valence-electron chi connectivity index (χ3n) is 3.34. The van der Waals surface area contributed by atoms with Gasteiger partial charge in [-0.15, -0.1) is 0 Å². The van der Waals surface area contributed by atoms with Gasteiger partial charge in [0.15, 0.2) is 0 Å². The Morgan fingerprint density at radius 1 is 1.10 bits per heavy atom. The van der Waals surface area contributed by atoms with Gasteiger partial charge in [0.25, 0.3) is 0 Å². The van der Waals surface area contributed by atoms with E-state index in [1.165, 1.54) is 5.56 Å². The molecule has 0 aliphatic carbocycles. The topological polar surface area (TPSA) is 20.3 Å². The summed E-state index contributed by atoms with van der Waals surface area (Å²) in [5, 5.41) is 3.44. The number of ketones is 1. The number of rotatable bonds is 2. The Hall–Kier alpha value is -1.24. The highest BCUT2D eigenvalue weighted by Crippen LogP contribution is 2.33. The second-order valence-electron chi connectivity index (χ2n) is 5.97. The molecule has 2 nitrogen and oxygen atoms in total. The molecule has 0 bridgehead atoms. The van der Waals surface area contributed by atoms with Crippen LogP contribution in [0.1, 0.15) is 24.4 Å². The maximum Gasteiger partial charge on any atom is 0.135 e. The van der Waals surface area contributed by atoms with Gasteiger partial charge >= 0.3 is 0 Å². The van der Waals surface area contributed by atoms with Crippen LogP contribution in [0.3, 0.4) is 0 Å². The van der Waals surface area contributed by atoms with Crippen molar-refractivity contribution < 1.29 is 4.79 Å². The minimum absolute atomic E-state index is 0.121. The normalized spacial score (nSPS) is 19.1. The molecule has 0 spiro atoms. The second-order valence-corrected chi connectivity index (χ2v) is 9.85. The Kier molecular flexibility index (Phi) is 4.91. The lowest BCUT2D eigenvalue weighted by Crippen LogP contribution is -2.36. The van der Waals surface area contributed by atoms with Gasteiger partial charge in [-0.05, 0) is 24.3 Å². The van der Waals surface area contributed by atoms with E-state index in [0.29, 0.717) is 18.6 Å². The Bertz CT molecular complexity index is 511. The predicted molar refractivity (Wildman–Crippen MR) is 88.1 cm³/mol. The Labute approximate surface area is 123 Å². The molecule has 0 amide bonds. The zero-order valence-electron chi connectivity index (χ0n) is 12.6. The van der Waals surface area contributed by atoms with Gasteiger partial charge in [0, 0.05) is 25.9 Å². The Morgan fingerprint density at radius 2 is 1.70 bits per heavy atom. The highest BCUT2D eigenvalue weighted by molar-refractivity contribution is 8.35. The molecular weight excluding hydrogens is 266 g/mol. The van der Waals surface area contributed by atoms with Gasteiger partial charge in [-0.1, -0.05) is 41.5 Å². The third kappa shape index (κ3) is 4.40. The zero-order chi connectivity index (χ0) is 14.6. The van der Waals surface area contributed by atoms with Gasteiger partial charge < -0.3 is 0 Å². The van der Waals surface area contributed by atoms with E-state index in [4.69, 9.17) is 0 Å². The van der Waals surface area contributed by atoms with Crippen molar-refractivity contribution in [2.24, 2.45) is 0 Å². The first-order chi connectivity index (χ1) is 9.46. The molecule has 108 valence electrons. The van der Waals surface area contributed by atoms with Gasteiger partial charge in [-0.3, -0.25) is 9.69 Å². The number of piperidine rings is 1. The number of nitrogens with zero attached hydrogens (tertiary/aromatic N) is 1. The van der Waals surface area contributed by atoms with Gasteiger partial charge in [0.2, 0.25) is 0 Å². The van der Waals surface area contributed by atoms with E-state index in [1.54, 1.807) is 0 Å². The summed E-state index contributed by atoms with van der Waals surface area (Å²) in [4.78, 5) is 13.8. The minimum atomic E-state index is -0.831. The highest BCUT2D eigenvalue weighted by atomic mass is 32.3. The van der Waals surface area contributed by atoms with Gasteiger partial charge in [0.05, 0.1) is 6.04 Å². The number of likely N-dealkylation sites (tertiary alicyclic amines) is 1. The maximum absolute atomic E-state index is 11.4. The zero-order valence-corrected chi connectivity index (χ0v) is 13.4. The summed E-state index contributed by atoms with van der Waals surface area (Å²) in [6, 6.07) is 10.5. The van der Waals surface area contributed by atoms with Crippen LogP contribution in [0.2, 0.25) is 0 Å². The van der Waals surface area contributed by atoms with Crippen molar-refractivity contribution in [1.82, 2.24) is 4.90 Å². The fourth-order valence-corrected chi connectivity index (χ4v) is 2.75. The van der Waals surface area contributed by atoms with Crippen LogP contribution in [0.4, 0.5) is 0 Å². The molecule has 1 aromatic rings. The maximum atomic E-state index is 11.4. The molecule has 1 aliphatic rings. The monoisotopic (exact) mass is 289 g/mol. The molecule has 1 heterocycles. The Morgan fingerprint density at radius 3 is 2.25 bits per heavy atom. The average molecular weight is 289 g/mol. The fraction of sp³-hybridized carbons (Fsp3) is 0.471. The SMILES string of the molecule is CS(C)(C)C#C[C@@H](c1ccccc1)N1CCC(=O)CC1. The van der Waals surface area contributed by atoms with Gasteiger partial charge in [-0.25, -0.2) is 0 Å². The largest absolute Gasteiger partial charge is 0.300 e. The third-order valence-corrected chi connectivity index (χ3v) is 4.07. The summed E-state index contributed by atoms with van der Waals surface area (Å²) in [6.07, 6.45) is 7.95. The molecule has 0 aromatic heterocycles. The second kappa shape index (κ2) is 6.47.